The SMILES string of the molecule is CCCCC(=C=[N+]=[N-])C(CCCC)=C(c1ccc(CC)cc1)c1ccc(CCCC)cc1.CCCCCCCC[CH2][Ni][CH2]CCCCCCCC. The van der Waals surface area contributed by atoms with Crippen LogP contribution in [0.15, 0.2) is 59.7 Å². The van der Waals surface area contributed by atoms with E-state index in [2.05, 4.69) is 101 Å². The third-order valence-electron chi connectivity index (χ3n) is 9.78. The molecule has 0 amide bonds. The number of aryl methyl sites for hydroxylation is 2. The molecule has 0 unspecified atom stereocenters. The van der Waals surface area contributed by atoms with Gasteiger partial charge in [-0.05, 0) is 78.3 Å². The first-order chi connectivity index (χ1) is 25.1. The quantitative estimate of drug-likeness (QED) is 0.0199. The van der Waals surface area contributed by atoms with Crippen molar-refractivity contribution in [2.75, 3.05) is 0 Å². The van der Waals surface area contributed by atoms with Crippen LogP contribution in [0.25, 0.3) is 11.1 Å². The molecule has 2 nitrogen and oxygen atoms in total. The zero-order valence-corrected chi connectivity index (χ0v) is 35.2. The normalized spacial score (nSPS) is 11.4. The Hall–Kier alpha value is -2.17. The number of allylic oxidation sites excluding steroid dienone is 2. The summed E-state index contributed by atoms with van der Waals surface area (Å²) in [6, 6.07) is 18.1. The van der Waals surface area contributed by atoms with E-state index in [-0.39, 0.29) is 0 Å². The van der Waals surface area contributed by atoms with Crippen molar-refractivity contribution in [3.8, 4) is 0 Å². The van der Waals surface area contributed by atoms with Gasteiger partial charge in [0, 0.05) is 0 Å². The molecule has 2 aromatic carbocycles. The van der Waals surface area contributed by atoms with Gasteiger partial charge in [-0.1, -0.05) is 95.5 Å². The van der Waals surface area contributed by atoms with Gasteiger partial charge >= 0.3 is 135 Å². The van der Waals surface area contributed by atoms with Gasteiger partial charge < -0.3 is 5.53 Å². The molecular weight excluding hydrogens is 663 g/mol. The van der Waals surface area contributed by atoms with Crippen LogP contribution >= 0.6 is 0 Å². The molecule has 0 aliphatic rings. The van der Waals surface area contributed by atoms with Gasteiger partial charge in [-0.15, -0.1) is 4.79 Å². The van der Waals surface area contributed by atoms with E-state index in [1.165, 1.54) is 147 Å². The molecule has 2 aromatic rings. The number of hydrogen-bond donors (Lipinski definition) is 0. The van der Waals surface area contributed by atoms with Crippen molar-refractivity contribution in [2.24, 2.45) is 0 Å². The Labute approximate surface area is 323 Å². The average molecular weight is 742 g/mol. The molecule has 2 rings (SSSR count). The van der Waals surface area contributed by atoms with Crippen LogP contribution in [-0.4, -0.2) is 10.7 Å². The molecule has 0 aliphatic carbocycles. The second-order valence-electron chi connectivity index (χ2n) is 14.3. The summed E-state index contributed by atoms with van der Waals surface area (Å²) in [6.07, 6.45) is 31.1. The van der Waals surface area contributed by atoms with Gasteiger partial charge in [-0.25, -0.2) is 0 Å². The number of benzene rings is 2. The zero-order valence-electron chi connectivity index (χ0n) is 34.2. The summed E-state index contributed by atoms with van der Waals surface area (Å²) in [7, 11) is 0. The van der Waals surface area contributed by atoms with Crippen molar-refractivity contribution in [3.05, 3.63) is 87.5 Å². The van der Waals surface area contributed by atoms with E-state index in [1.54, 1.807) is 0 Å². The van der Waals surface area contributed by atoms with Crippen LogP contribution in [0.5, 0.6) is 0 Å². The topological polar surface area (TPSA) is 36.4 Å². The Morgan fingerprint density at radius 3 is 1.39 bits per heavy atom. The molecule has 0 aromatic heterocycles. The molecule has 0 radical (unpaired) electrons. The van der Waals surface area contributed by atoms with Crippen LogP contribution in [0.1, 0.15) is 205 Å². The zero-order chi connectivity index (χ0) is 37.2. The van der Waals surface area contributed by atoms with Crippen LogP contribution in [-0.2, 0) is 27.3 Å². The van der Waals surface area contributed by atoms with E-state index in [0.717, 1.165) is 56.9 Å². The van der Waals surface area contributed by atoms with Gasteiger partial charge in [0.25, 0.3) is 0 Å². The predicted molar refractivity (Wildman–Crippen MR) is 224 cm³/mol. The first kappa shape index (κ1) is 46.9. The molecule has 0 heterocycles. The number of rotatable bonds is 29. The molecule has 0 N–H and O–H groups in total. The van der Waals surface area contributed by atoms with E-state index < -0.39 is 0 Å². The van der Waals surface area contributed by atoms with Crippen molar-refractivity contribution < 1.29 is 19.2 Å². The molecule has 3 heteroatoms. The molecule has 290 valence electrons. The van der Waals surface area contributed by atoms with Gasteiger partial charge in [0.1, 0.15) is 0 Å². The molecule has 0 aliphatic heterocycles. The fourth-order valence-electron chi connectivity index (χ4n) is 6.42. The van der Waals surface area contributed by atoms with Gasteiger partial charge in [0.05, 0.1) is 5.57 Å². The number of nitrogens with zero attached hydrogens (tertiary/aromatic N) is 2. The van der Waals surface area contributed by atoms with E-state index in [9.17, 15) is 5.53 Å². The van der Waals surface area contributed by atoms with Crippen molar-refractivity contribution in [3.63, 3.8) is 0 Å². The molecule has 51 heavy (non-hydrogen) atoms. The summed E-state index contributed by atoms with van der Waals surface area (Å²) in [5.41, 5.74) is 18.1. The van der Waals surface area contributed by atoms with Crippen LogP contribution in [0, 0.1) is 0 Å². The van der Waals surface area contributed by atoms with Crippen LogP contribution in [0.2, 0.25) is 10.8 Å². The molecule has 0 fully saturated rings. The summed E-state index contributed by atoms with van der Waals surface area (Å²) in [6.45, 7) is 13.4. The standard InChI is InChI=1S/C30H40N2.2C9H19.Ni/c1-5-9-12-25-17-21-27(22-18-25)30(26-19-15-24(8-4)16-20-26)29(14-11-7-3)28(23-32-31)13-10-6-2;2*1-3-5-7-9-8-6-4-2;/h15-22H,5-14H2,1-4H3;2*1,3-9H2,2H3;. The van der Waals surface area contributed by atoms with Crippen molar-refractivity contribution >= 4 is 11.4 Å². The molecule has 0 saturated heterocycles. The summed E-state index contributed by atoms with van der Waals surface area (Å²) in [5, 5.41) is 2.85. The van der Waals surface area contributed by atoms with Gasteiger partial charge in [0.15, 0.2) is 0 Å². The Kier molecular flexibility index (Phi) is 30.9. The minimum atomic E-state index is 0.880. The second kappa shape index (κ2) is 33.7. The Morgan fingerprint density at radius 1 is 0.510 bits per heavy atom. The molecule has 0 bridgehead atoms. The first-order valence-electron chi connectivity index (χ1n) is 21.4. The molecule has 0 saturated carbocycles. The maximum atomic E-state index is 9.39. The first-order valence-corrected chi connectivity index (χ1v) is 22.8. The molecule has 0 atom stereocenters. The Bertz CT molecular complexity index is 1200. The summed E-state index contributed by atoms with van der Waals surface area (Å²) in [4.78, 5) is 3.34. The minimum absolute atomic E-state index is 0.880. The Morgan fingerprint density at radius 2 is 0.941 bits per heavy atom. The van der Waals surface area contributed by atoms with Gasteiger partial charge in [-0.3, -0.25) is 0 Å². The van der Waals surface area contributed by atoms with E-state index in [0.29, 0.717) is 0 Å². The number of hydrogen-bond acceptors (Lipinski definition) is 0. The number of unbranched alkanes of at least 4 members (excludes halogenated alkanes) is 15. The maximum absolute atomic E-state index is 9.39. The van der Waals surface area contributed by atoms with Crippen LogP contribution in [0.3, 0.4) is 0 Å². The predicted octanol–water partition coefficient (Wildman–Crippen LogP) is 16.0. The fourth-order valence-corrected chi connectivity index (χ4v) is 7.65. The van der Waals surface area contributed by atoms with Crippen LogP contribution < -0.4 is 0 Å². The van der Waals surface area contributed by atoms with Gasteiger partial charge in [0.2, 0.25) is 0 Å². The second-order valence-corrected chi connectivity index (χ2v) is 15.8. The summed E-state index contributed by atoms with van der Waals surface area (Å²) in [5.74, 6) is 2.95. The Balaban J connectivity index is 0.000000586. The third-order valence-corrected chi connectivity index (χ3v) is 11.2. The monoisotopic (exact) mass is 741 g/mol. The van der Waals surface area contributed by atoms with Crippen molar-refractivity contribution in [1.29, 1.82) is 0 Å². The van der Waals surface area contributed by atoms with Crippen LogP contribution in [0.4, 0.5) is 0 Å². The summed E-state index contributed by atoms with van der Waals surface area (Å²) >= 11 is 2.01. The third kappa shape index (κ3) is 22.5. The van der Waals surface area contributed by atoms with Crippen molar-refractivity contribution in [2.45, 2.75) is 206 Å². The molecule has 0 spiro atoms. The average Bonchev–Trinajstić information content (AvgIpc) is 3.16. The molecular formula is C48H78N2Ni. The fraction of sp³-hybridized carbons (Fsp3) is 0.667. The van der Waals surface area contributed by atoms with E-state index in [4.69, 9.17) is 0 Å². The van der Waals surface area contributed by atoms with E-state index in [1.807, 2.05) is 14.4 Å². The van der Waals surface area contributed by atoms with Crippen molar-refractivity contribution in [1.82, 2.24) is 0 Å². The van der Waals surface area contributed by atoms with E-state index >= 15 is 0 Å². The summed E-state index contributed by atoms with van der Waals surface area (Å²) < 4.78 is 0. The van der Waals surface area contributed by atoms with Gasteiger partial charge in [-0.2, -0.15) is 0 Å².